The monoisotopic (exact) mass is 220 g/mol. The van der Waals surface area contributed by atoms with Crippen LogP contribution in [0.4, 0.5) is 0 Å². The third-order valence-electron chi connectivity index (χ3n) is 1.69. The van der Waals surface area contributed by atoms with Crippen molar-refractivity contribution in [3.8, 4) is 0 Å². The van der Waals surface area contributed by atoms with Crippen LogP contribution in [0.2, 0.25) is 0 Å². The maximum Gasteiger partial charge on any atom is 0.250 e. The summed E-state index contributed by atoms with van der Waals surface area (Å²) in [6.07, 6.45) is 3.17. The molecule has 2 N–H and O–H groups in total. The molecule has 0 unspecified atom stereocenters. The Hall–Kier alpha value is -1.68. The summed E-state index contributed by atoms with van der Waals surface area (Å²) < 4.78 is 0. The minimum atomic E-state index is -0.238. The Morgan fingerprint density at radius 3 is 2.60 bits per heavy atom. The Morgan fingerprint density at radius 1 is 1.33 bits per heavy atom. The average Bonchev–Trinajstić information content (AvgIpc) is 2.27. The van der Waals surface area contributed by atoms with Crippen molar-refractivity contribution in [1.29, 1.82) is 0 Å². The zero-order valence-corrected chi connectivity index (χ0v) is 9.17. The maximum atomic E-state index is 11.3. The van der Waals surface area contributed by atoms with Crippen LogP contribution in [-0.2, 0) is 4.79 Å². The number of hydrogen-bond donors (Lipinski definition) is 2. The quantitative estimate of drug-likeness (QED) is 0.583. The molecular weight excluding hydrogens is 208 g/mol. The first kappa shape index (κ1) is 11.4. The minimum Gasteiger partial charge on any atom is -0.365 e. The van der Waals surface area contributed by atoms with Gasteiger partial charge in [-0.05, 0) is 23.9 Å². The van der Waals surface area contributed by atoms with E-state index in [2.05, 4.69) is 10.6 Å². The van der Waals surface area contributed by atoms with Gasteiger partial charge in [-0.15, -0.1) is 0 Å². The molecule has 0 aliphatic heterocycles. The van der Waals surface area contributed by atoms with Crippen molar-refractivity contribution in [2.75, 3.05) is 7.05 Å². The Labute approximate surface area is 94.2 Å². The maximum absolute atomic E-state index is 11.3. The zero-order valence-electron chi connectivity index (χ0n) is 8.36. The summed E-state index contributed by atoms with van der Waals surface area (Å²) in [7, 11) is 1.66. The van der Waals surface area contributed by atoms with Crippen LogP contribution in [-0.4, -0.2) is 18.1 Å². The lowest BCUT2D eigenvalue weighted by molar-refractivity contribution is -0.115. The summed E-state index contributed by atoms with van der Waals surface area (Å²) in [5, 5.41) is 5.47. The van der Waals surface area contributed by atoms with Gasteiger partial charge in [-0.1, -0.05) is 30.3 Å². The van der Waals surface area contributed by atoms with Crippen molar-refractivity contribution in [2.45, 2.75) is 0 Å². The van der Waals surface area contributed by atoms with Gasteiger partial charge in [0.1, 0.15) is 0 Å². The van der Waals surface area contributed by atoms with Gasteiger partial charge in [0.2, 0.25) is 5.91 Å². The molecule has 1 aromatic carbocycles. The lowest BCUT2D eigenvalue weighted by atomic mass is 10.2. The second kappa shape index (κ2) is 5.93. The van der Waals surface area contributed by atoms with Crippen LogP contribution in [0.25, 0.3) is 6.08 Å². The molecule has 0 aliphatic carbocycles. The van der Waals surface area contributed by atoms with E-state index in [0.717, 1.165) is 5.56 Å². The smallest absolute Gasteiger partial charge is 0.250 e. The summed E-state index contributed by atoms with van der Waals surface area (Å²) >= 11 is 4.79. The van der Waals surface area contributed by atoms with Crippen LogP contribution < -0.4 is 10.6 Å². The van der Waals surface area contributed by atoms with Gasteiger partial charge in [-0.25, -0.2) is 0 Å². The predicted molar refractivity (Wildman–Crippen MR) is 65.3 cm³/mol. The van der Waals surface area contributed by atoms with E-state index in [1.807, 2.05) is 30.3 Å². The van der Waals surface area contributed by atoms with Crippen LogP contribution >= 0.6 is 12.2 Å². The molecule has 15 heavy (non-hydrogen) atoms. The molecule has 0 spiro atoms. The highest BCUT2D eigenvalue weighted by Crippen LogP contribution is 2.00. The number of carbonyl (C=O) groups is 1. The van der Waals surface area contributed by atoms with Crippen molar-refractivity contribution in [1.82, 2.24) is 10.6 Å². The van der Waals surface area contributed by atoms with Crippen molar-refractivity contribution in [3.05, 3.63) is 42.0 Å². The van der Waals surface area contributed by atoms with Crippen LogP contribution in [0.15, 0.2) is 36.4 Å². The van der Waals surface area contributed by atoms with E-state index in [-0.39, 0.29) is 5.91 Å². The molecule has 0 aliphatic rings. The van der Waals surface area contributed by atoms with E-state index in [9.17, 15) is 4.79 Å². The van der Waals surface area contributed by atoms with Crippen LogP contribution in [0.1, 0.15) is 5.56 Å². The Bertz CT molecular complexity index is 373. The minimum absolute atomic E-state index is 0.238. The zero-order chi connectivity index (χ0) is 11.1. The number of carbonyl (C=O) groups excluding carboxylic acids is 1. The van der Waals surface area contributed by atoms with Gasteiger partial charge in [-0.2, -0.15) is 0 Å². The standard InChI is InChI=1S/C11H12N2OS/c1-12-11(15)13-10(14)8-7-9-5-3-2-4-6-9/h2-8H,1H3,(H2,12,13,14,15)/b8-7+. The van der Waals surface area contributed by atoms with Crippen LogP contribution in [0.3, 0.4) is 0 Å². The van der Waals surface area contributed by atoms with Crippen LogP contribution in [0.5, 0.6) is 0 Å². The normalized spacial score (nSPS) is 9.93. The highest BCUT2D eigenvalue weighted by atomic mass is 32.1. The van der Waals surface area contributed by atoms with E-state index in [4.69, 9.17) is 12.2 Å². The molecule has 0 fully saturated rings. The number of benzene rings is 1. The molecule has 4 heteroatoms. The molecule has 0 saturated heterocycles. The fourth-order valence-electron chi connectivity index (χ4n) is 0.952. The highest BCUT2D eigenvalue weighted by Gasteiger charge is 1.96. The van der Waals surface area contributed by atoms with Crippen molar-refractivity contribution >= 4 is 29.3 Å². The van der Waals surface area contributed by atoms with Gasteiger partial charge in [0.25, 0.3) is 0 Å². The molecule has 0 radical (unpaired) electrons. The van der Waals surface area contributed by atoms with Gasteiger partial charge >= 0.3 is 0 Å². The Kier molecular flexibility index (Phi) is 4.50. The first-order valence-corrected chi connectivity index (χ1v) is 4.89. The third-order valence-corrected chi connectivity index (χ3v) is 2.00. The molecule has 0 atom stereocenters. The average molecular weight is 220 g/mol. The van der Waals surface area contributed by atoms with E-state index in [0.29, 0.717) is 5.11 Å². The fraction of sp³-hybridized carbons (Fsp3) is 0.0909. The van der Waals surface area contributed by atoms with Gasteiger partial charge in [0.05, 0.1) is 0 Å². The number of rotatable bonds is 2. The summed E-state index contributed by atoms with van der Waals surface area (Å²) in [5.74, 6) is -0.238. The lowest BCUT2D eigenvalue weighted by Gasteiger charge is -2.01. The van der Waals surface area contributed by atoms with E-state index in [1.54, 1.807) is 13.1 Å². The van der Waals surface area contributed by atoms with E-state index < -0.39 is 0 Å². The van der Waals surface area contributed by atoms with Gasteiger partial charge < -0.3 is 5.32 Å². The Morgan fingerprint density at radius 2 is 2.00 bits per heavy atom. The third kappa shape index (κ3) is 4.37. The highest BCUT2D eigenvalue weighted by molar-refractivity contribution is 7.80. The van der Waals surface area contributed by atoms with Gasteiger partial charge in [0, 0.05) is 13.1 Å². The lowest BCUT2D eigenvalue weighted by Crippen LogP contribution is -2.36. The second-order valence-electron chi connectivity index (χ2n) is 2.81. The van der Waals surface area contributed by atoms with Crippen molar-refractivity contribution in [3.63, 3.8) is 0 Å². The molecule has 1 rings (SSSR count). The summed E-state index contributed by atoms with van der Waals surface area (Å²) in [6.45, 7) is 0. The molecule has 1 amide bonds. The fourth-order valence-corrected chi connectivity index (χ4v) is 1.05. The molecule has 1 aromatic rings. The number of nitrogens with one attached hydrogen (secondary N) is 2. The van der Waals surface area contributed by atoms with Crippen LogP contribution in [0, 0.1) is 0 Å². The number of thiocarbonyl (C=S) groups is 1. The molecule has 0 saturated carbocycles. The summed E-state index contributed by atoms with van der Waals surface area (Å²) in [6, 6.07) is 9.58. The number of hydrogen-bond acceptors (Lipinski definition) is 2. The van der Waals surface area contributed by atoms with E-state index >= 15 is 0 Å². The second-order valence-corrected chi connectivity index (χ2v) is 3.22. The topological polar surface area (TPSA) is 41.1 Å². The molecule has 3 nitrogen and oxygen atoms in total. The number of amides is 1. The SMILES string of the molecule is CNC(=S)NC(=O)/C=C/c1ccccc1. The molecule has 0 aromatic heterocycles. The molecular formula is C11H12N2OS. The van der Waals surface area contributed by atoms with Gasteiger partial charge in [-0.3, -0.25) is 10.1 Å². The molecule has 0 bridgehead atoms. The van der Waals surface area contributed by atoms with E-state index in [1.165, 1.54) is 6.08 Å². The van der Waals surface area contributed by atoms with Crippen molar-refractivity contribution in [2.24, 2.45) is 0 Å². The summed E-state index contributed by atoms with van der Waals surface area (Å²) in [4.78, 5) is 11.3. The largest absolute Gasteiger partial charge is 0.365 e. The molecule has 0 heterocycles. The van der Waals surface area contributed by atoms with Gasteiger partial charge in [0.15, 0.2) is 5.11 Å². The first-order valence-electron chi connectivity index (χ1n) is 4.48. The molecule has 78 valence electrons. The predicted octanol–water partition coefficient (Wildman–Crippen LogP) is 1.32. The first-order chi connectivity index (χ1) is 7.22. The Balaban J connectivity index is 2.52. The van der Waals surface area contributed by atoms with Crippen molar-refractivity contribution < 1.29 is 4.79 Å². The summed E-state index contributed by atoms with van der Waals surface area (Å²) in [5.41, 5.74) is 0.975.